The van der Waals surface area contributed by atoms with Gasteiger partial charge in [0.15, 0.2) is 0 Å². The minimum Gasteiger partial charge on any atom is -0.356 e. The fraction of sp³-hybridized carbons (Fsp3) is 0.957. The van der Waals surface area contributed by atoms with E-state index in [1.165, 1.54) is 19.3 Å². The number of hydrogen-bond donors (Lipinski definition) is 1. The quantitative estimate of drug-likeness (QED) is 0.661. The zero-order chi connectivity index (χ0) is 19.2. The number of ether oxygens (including phenoxy) is 1. The summed E-state index contributed by atoms with van der Waals surface area (Å²) in [7, 11) is 0. The average Bonchev–Trinajstić information content (AvgIpc) is 3.05. The number of hydrogen-bond acceptors (Lipinski definition) is 4. The Morgan fingerprint density at radius 1 is 1.00 bits per heavy atom. The van der Waals surface area contributed by atoms with Gasteiger partial charge in [0.1, 0.15) is 11.5 Å². The van der Waals surface area contributed by atoms with Gasteiger partial charge in [0.25, 0.3) is 0 Å². The first-order valence-corrected chi connectivity index (χ1v) is 11.3. The minimum atomic E-state index is -0.465. The first kappa shape index (κ1) is 18.6. The summed E-state index contributed by atoms with van der Waals surface area (Å²) in [6.45, 7) is 9.56. The number of Topliss-reactive ketones (excluding diaryl/α,β-unsaturated/α-hetero) is 1. The van der Waals surface area contributed by atoms with Gasteiger partial charge in [-0.05, 0) is 94.3 Å². The van der Waals surface area contributed by atoms with Crippen molar-refractivity contribution in [3.63, 3.8) is 0 Å². The molecular weight excluding hydrogens is 338 g/mol. The Balaban J connectivity index is 1.41. The van der Waals surface area contributed by atoms with E-state index in [0.717, 1.165) is 50.4 Å². The van der Waals surface area contributed by atoms with Crippen LogP contribution in [-0.4, -0.2) is 33.9 Å². The van der Waals surface area contributed by atoms with Gasteiger partial charge in [-0.25, -0.2) is 0 Å². The molecule has 0 aromatic rings. The summed E-state index contributed by atoms with van der Waals surface area (Å²) in [5.41, 5.74) is -0.437. The Morgan fingerprint density at radius 2 is 1.78 bits per heavy atom. The van der Waals surface area contributed by atoms with Gasteiger partial charge < -0.3 is 9.94 Å². The number of hydroxylamine groups is 2. The van der Waals surface area contributed by atoms with Crippen molar-refractivity contribution in [3.8, 4) is 0 Å². The van der Waals surface area contributed by atoms with Crippen LogP contribution in [0.3, 0.4) is 0 Å². The fourth-order valence-corrected chi connectivity index (χ4v) is 8.29. The van der Waals surface area contributed by atoms with Crippen LogP contribution in [0.1, 0.15) is 85.5 Å². The van der Waals surface area contributed by atoms with Crippen LogP contribution in [0.15, 0.2) is 0 Å². The van der Waals surface area contributed by atoms with E-state index in [9.17, 15) is 10.0 Å². The van der Waals surface area contributed by atoms with Gasteiger partial charge in [0.2, 0.25) is 0 Å². The molecule has 0 aromatic heterocycles. The van der Waals surface area contributed by atoms with Gasteiger partial charge in [-0.1, -0.05) is 13.8 Å². The van der Waals surface area contributed by atoms with Crippen molar-refractivity contribution in [3.05, 3.63) is 0 Å². The highest BCUT2D eigenvalue weighted by Gasteiger charge is 2.64. The molecule has 4 nitrogen and oxygen atoms in total. The van der Waals surface area contributed by atoms with E-state index in [2.05, 4.69) is 27.7 Å². The maximum atomic E-state index is 12.6. The monoisotopic (exact) mass is 375 g/mol. The highest BCUT2D eigenvalue weighted by molar-refractivity contribution is 5.87. The molecular formula is C23H37NO3. The zero-order valence-corrected chi connectivity index (χ0v) is 17.6. The van der Waals surface area contributed by atoms with Crippen LogP contribution in [-0.2, 0) is 9.53 Å². The summed E-state index contributed by atoms with van der Waals surface area (Å²) in [5, 5.41) is 12.5. The molecule has 1 aliphatic heterocycles. The molecule has 5 aliphatic rings. The van der Waals surface area contributed by atoms with E-state index in [1.54, 1.807) is 5.06 Å². The number of carbonyl (C=O) groups is 1. The molecule has 0 aromatic carbocycles. The minimum absolute atomic E-state index is 0.0270. The summed E-state index contributed by atoms with van der Waals surface area (Å²) in [5.74, 6) is 3.26. The van der Waals surface area contributed by atoms with Gasteiger partial charge >= 0.3 is 0 Å². The van der Waals surface area contributed by atoms with Crippen LogP contribution < -0.4 is 0 Å². The third-order valence-electron chi connectivity index (χ3n) is 10.0. The highest BCUT2D eigenvalue weighted by Crippen LogP contribution is 2.67. The van der Waals surface area contributed by atoms with Crippen LogP contribution >= 0.6 is 0 Å². The van der Waals surface area contributed by atoms with E-state index in [0.29, 0.717) is 29.6 Å². The van der Waals surface area contributed by atoms with Crippen LogP contribution in [0.4, 0.5) is 0 Å². The van der Waals surface area contributed by atoms with Gasteiger partial charge in [0.05, 0.1) is 12.1 Å². The normalized spacial score (nSPS) is 54.6. The van der Waals surface area contributed by atoms with E-state index in [-0.39, 0.29) is 11.0 Å². The molecule has 4 saturated carbocycles. The molecule has 4 unspecified atom stereocenters. The third kappa shape index (κ3) is 2.30. The van der Waals surface area contributed by atoms with Crippen molar-refractivity contribution < 1.29 is 14.7 Å². The molecule has 5 rings (SSSR count). The van der Waals surface area contributed by atoms with Crippen LogP contribution in [0.2, 0.25) is 0 Å². The van der Waals surface area contributed by atoms with Gasteiger partial charge in [-0.2, -0.15) is 5.06 Å². The van der Waals surface area contributed by atoms with Crippen molar-refractivity contribution in [2.24, 2.45) is 34.5 Å². The molecule has 0 amide bonds. The van der Waals surface area contributed by atoms with E-state index in [4.69, 9.17) is 4.74 Å². The Hall–Kier alpha value is -0.450. The number of ketones is 1. The van der Waals surface area contributed by atoms with Crippen LogP contribution in [0.5, 0.6) is 0 Å². The summed E-state index contributed by atoms with van der Waals surface area (Å²) >= 11 is 0. The van der Waals surface area contributed by atoms with Crippen molar-refractivity contribution in [2.45, 2.75) is 96.7 Å². The molecule has 1 N–H and O–H groups in total. The second-order valence-corrected chi connectivity index (χ2v) is 11.6. The van der Waals surface area contributed by atoms with Gasteiger partial charge in [-0.3, -0.25) is 4.79 Å². The molecule has 0 radical (unpaired) electrons. The van der Waals surface area contributed by atoms with Crippen LogP contribution in [0, 0.1) is 34.5 Å². The molecule has 0 bridgehead atoms. The largest absolute Gasteiger partial charge is 0.356 e. The van der Waals surface area contributed by atoms with Crippen molar-refractivity contribution in [2.75, 3.05) is 6.61 Å². The van der Waals surface area contributed by atoms with Crippen molar-refractivity contribution in [1.29, 1.82) is 0 Å². The second kappa shape index (κ2) is 5.58. The Labute approximate surface area is 164 Å². The lowest BCUT2D eigenvalue weighted by Gasteiger charge is -2.61. The maximum Gasteiger partial charge on any atom is 0.144 e. The SMILES string of the molecule is CC1(C)COC2(CC[C@]3(C)C4CC[C@@]5(C)C(=O)CCC5C4CC[C@@H]3C2)N1O. The lowest BCUT2D eigenvalue weighted by molar-refractivity contribution is -0.283. The van der Waals surface area contributed by atoms with E-state index < -0.39 is 5.72 Å². The summed E-state index contributed by atoms with van der Waals surface area (Å²) in [4.78, 5) is 12.6. The summed E-state index contributed by atoms with van der Waals surface area (Å²) < 4.78 is 6.27. The number of fused-ring (bicyclic) bond motifs is 5. The molecule has 5 fully saturated rings. The first-order valence-electron chi connectivity index (χ1n) is 11.3. The Bertz CT molecular complexity index is 662. The highest BCUT2D eigenvalue weighted by atomic mass is 16.6. The summed E-state index contributed by atoms with van der Waals surface area (Å²) in [6.07, 6.45) is 9.81. The van der Waals surface area contributed by atoms with Crippen molar-refractivity contribution >= 4 is 5.78 Å². The molecule has 4 heteroatoms. The molecule has 4 aliphatic carbocycles. The lowest BCUT2D eigenvalue weighted by Crippen LogP contribution is -2.60. The molecule has 152 valence electrons. The Morgan fingerprint density at radius 3 is 2.48 bits per heavy atom. The number of rotatable bonds is 0. The number of nitrogens with zero attached hydrogens (tertiary/aromatic N) is 1. The lowest BCUT2D eigenvalue weighted by atomic mass is 9.45. The predicted molar refractivity (Wildman–Crippen MR) is 103 cm³/mol. The first-order chi connectivity index (χ1) is 12.6. The predicted octanol–water partition coefficient (Wildman–Crippen LogP) is 4.79. The summed E-state index contributed by atoms with van der Waals surface area (Å²) in [6, 6.07) is 0. The molecule has 27 heavy (non-hydrogen) atoms. The third-order valence-corrected chi connectivity index (χ3v) is 10.0. The zero-order valence-electron chi connectivity index (χ0n) is 17.6. The van der Waals surface area contributed by atoms with Crippen molar-refractivity contribution in [1.82, 2.24) is 5.06 Å². The molecule has 1 saturated heterocycles. The maximum absolute atomic E-state index is 12.6. The smallest absolute Gasteiger partial charge is 0.144 e. The molecule has 1 heterocycles. The second-order valence-electron chi connectivity index (χ2n) is 11.6. The topological polar surface area (TPSA) is 49.8 Å². The van der Waals surface area contributed by atoms with Gasteiger partial charge in [0, 0.05) is 11.8 Å². The van der Waals surface area contributed by atoms with E-state index in [1.807, 2.05) is 0 Å². The fourth-order valence-electron chi connectivity index (χ4n) is 8.29. The van der Waals surface area contributed by atoms with Gasteiger partial charge in [-0.15, -0.1) is 0 Å². The average molecular weight is 376 g/mol. The standard InChI is InChI=1S/C23H37NO3/c1-20(2)14-27-23(24(20)26)12-11-21(3)15(13-23)5-6-16-17-7-8-19(25)22(17,4)10-9-18(16)21/h15-18,26H,5-14H2,1-4H3/t15-,16?,17?,18?,21+,22-,23?/m1/s1. The molecule has 7 atom stereocenters. The van der Waals surface area contributed by atoms with E-state index >= 15 is 0 Å². The Kier molecular flexibility index (Phi) is 3.84. The number of carbonyl (C=O) groups excluding carboxylic acids is 1. The van der Waals surface area contributed by atoms with Crippen LogP contribution in [0.25, 0.3) is 0 Å². The molecule has 1 spiro atoms.